The van der Waals surface area contributed by atoms with Gasteiger partial charge in [-0.15, -0.1) is 0 Å². The molecule has 58 valence electrons. The number of nitriles is 1. The number of aliphatic imine (C=N–C) groups is 1. The molecule has 0 fully saturated rings. The Morgan fingerprint density at radius 3 is 2.83 bits per heavy atom. The summed E-state index contributed by atoms with van der Waals surface area (Å²) in [6.07, 6.45) is 1.34. The summed E-state index contributed by atoms with van der Waals surface area (Å²) < 4.78 is 0. The second-order valence-electron chi connectivity index (χ2n) is 1.95. The van der Waals surface area contributed by atoms with Gasteiger partial charge in [0.2, 0.25) is 6.08 Å². The molecule has 0 unspecified atom stereocenters. The summed E-state index contributed by atoms with van der Waals surface area (Å²) in [5.74, 6) is 0. The normalized spacial score (nSPS) is 8.33. The van der Waals surface area contributed by atoms with Crippen LogP contribution >= 0.6 is 11.6 Å². The van der Waals surface area contributed by atoms with Crippen molar-refractivity contribution in [2.45, 2.75) is 0 Å². The minimum absolute atomic E-state index is 0.177. The maximum absolute atomic E-state index is 9.93. The Labute approximate surface area is 73.9 Å². The highest BCUT2D eigenvalue weighted by Gasteiger charge is 2.03. The van der Waals surface area contributed by atoms with E-state index >= 15 is 0 Å². The molecule has 0 spiro atoms. The molecular weight excluding hydrogens is 176 g/mol. The molecule has 0 amide bonds. The Hall–Kier alpha value is -1.62. The van der Waals surface area contributed by atoms with Crippen LogP contribution in [0, 0.1) is 11.3 Å². The smallest absolute Gasteiger partial charge is 0.211 e. The Morgan fingerprint density at radius 1 is 1.50 bits per heavy atom. The van der Waals surface area contributed by atoms with Crippen LogP contribution in [0.5, 0.6) is 0 Å². The highest BCUT2D eigenvalue weighted by Crippen LogP contribution is 2.27. The molecule has 1 aromatic rings. The monoisotopic (exact) mass is 178 g/mol. The maximum Gasteiger partial charge on any atom is 0.240 e. The highest BCUT2D eigenvalue weighted by molar-refractivity contribution is 6.33. The molecule has 3 nitrogen and oxygen atoms in total. The molecule has 0 aliphatic rings. The van der Waals surface area contributed by atoms with E-state index in [1.54, 1.807) is 12.1 Å². The predicted octanol–water partition coefficient (Wildman–Crippen LogP) is 2.18. The highest BCUT2D eigenvalue weighted by atomic mass is 35.5. The number of benzene rings is 1. The van der Waals surface area contributed by atoms with E-state index in [2.05, 4.69) is 4.99 Å². The first-order chi connectivity index (χ1) is 5.79. The zero-order valence-corrected chi connectivity index (χ0v) is 6.67. The van der Waals surface area contributed by atoms with Gasteiger partial charge in [0.25, 0.3) is 0 Å². The van der Waals surface area contributed by atoms with E-state index in [9.17, 15) is 4.79 Å². The minimum atomic E-state index is 0.177. The Morgan fingerprint density at radius 2 is 2.25 bits per heavy atom. The Kier molecular flexibility index (Phi) is 2.60. The van der Waals surface area contributed by atoms with Crippen LogP contribution in [0.4, 0.5) is 5.69 Å². The Bertz CT molecular complexity index is 389. The van der Waals surface area contributed by atoms with Crippen LogP contribution in [-0.2, 0) is 4.79 Å². The van der Waals surface area contributed by atoms with Crippen LogP contribution in [0.25, 0.3) is 0 Å². The molecule has 0 aromatic heterocycles. The SMILES string of the molecule is N#Cc1cccc(Cl)c1N=C=O. The third-order valence-corrected chi connectivity index (χ3v) is 1.57. The average Bonchev–Trinajstić information content (AvgIpc) is 2.09. The summed E-state index contributed by atoms with van der Waals surface area (Å²) >= 11 is 5.66. The quantitative estimate of drug-likeness (QED) is 0.489. The zero-order valence-electron chi connectivity index (χ0n) is 5.91. The van der Waals surface area contributed by atoms with Crippen LogP contribution in [0.15, 0.2) is 23.2 Å². The predicted molar refractivity (Wildman–Crippen MR) is 43.9 cm³/mol. The molecule has 0 N–H and O–H groups in total. The lowest BCUT2D eigenvalue weighted by Gasteiger charge is -1.95. The van der Waals surface area contributed by atoms with Gasteiger partial charge in [-0.2, -0.15) is 10.3 Å². The van der Waals surface area contributed by atoms with E-state index in [1.807, 2.05) is 6.07 Å². The lowest BCUT2D eigenvalue weighted by Crippen LogP contribution is -1.76. The molecule has 0 heterocycles. The molecule has 0 saturated carbocycles. The van der Waals surface area contributed by atoms with Crippen LogP contribution in [0.2, 0.25) is 5.02 Å². The van der Waals surface area contributed by atoms with Crippen LogP contribution in [0.1, 0.15) is 5.56 Å². The van der Waals surface area contributed by atoms with Crippen molar-refractivity contribution in [2.24, 2.45) is 4.99 Å². The van der Waals surface area contributed by atoms with Crippen molar-refractivity contribution in [3.63, 3.8) is 0 Å². The molecule has 0 aliphatic carbocycles. The lowest BCUT2D eigenvalue weighted by atomic mass is 10.2. The number of hydrogen-bond donors (Lipinski definition) is 0. The van der Waals surface area contributed by atoms with Crippen molar-refractivity contribution >= 4 is 23.4 Å². The van der Waals surface area contributed by atoms with Crippen LogP contribution in [-0.4, -0.2) is 6.08 Å². The summed E-state index contributed by atoms with van der Waals surface area (Å²) in [4.78, 5) is 13.3. The number of isocyanates is 1. The van der Waals surface area contributed by atoms with E-state index in [4.69, 9.17) is 16.9 Å². The van der Waals surface area contributed by atoms with E-state index in [-0.39, 0.29) is 16.3 Å². The topological polar surface area (TPSA) is 53.2 Å². The zero-order chi connectivity index (χ0) is 8.97. The van der Waals surface area contributed by atoms with Crippen LogP contribution in [0.3, 0.4) is 0 Å². The number of halogens is 1. The van der Waals surface area contributed by atoms with Crippen molar-refractivity contribution in [3.8, 4) is 6.07 Å². The summed E-state index contributed by atoms with van der Waals surface area (Å²) in [5, 5.41) is 8.85. The molecule has 1 rings (SSSR count). The first kappa shape index (κ1) is 8.48. The van der Waals surface area contributed by atoms with E-state index in [0.717, 1.165) is 0 Å². The molecule has 4 heteroatoms. The van der Waals surface area contributed by atoms with Gasteiger partial charge in [0.05, 0.1) is 10.6 Å². The molecule has 12 heavy (non-hydrogen) atoms. The van der Waals surface area contributed by atoms with Gasteiger partial charge >= 0.3 is 0 Å². The minimum Gasteiger partial charge on any atom is -0.211 e. The number of rotatable bonds is 1. The fraction of sp³-hybridized carbons (Fsp3) is 0. The van der Waals surface area contributed by atoms with Gasteiger partial charge < -0.3 is 0 Å². The molecule has 0 saturated heterocycles. The fourth-order valence-corrected chi connectivity index (χ4v) is 0.982. The Balaban J connectivity index is 3.41. The molecule has 0 bridgehead atoms. The van der Waals surface area contributed by atoms with Crippen molar-refractivity contribution in [2.75, 3.05) is 0 Å². The summed E-state index contributed by atoms with van der Waals surface area (Å²) in [6.45, 7) is 0. The van der Waals surface area contributed by atoms with E-state index in [0.29, 0.717) is 0 Å². The van der Waals surface area contributed by atoms with Crippen molar-refractivity contribution in [1.29, 1.82) is 5.26 Å². The van der Waals surface area contributed by atoms with E-state index < -0.39 is 0 Å². The number of hydrogen-bond acceptors (Lipinski definition) is 3. The summed E-state index contributed by atoms with van der Waals surface area (Å²) in [5.41, 5.74) is 0.447. The van der Waals surface area contributed by atoms with Gasteiger partial charge in [0, 0.05) is 0 Å². The number of nitrogens with zero attached hydrogens (tertiary/aromatic N) is 2. The van der Waals surface area contributed by atoms with Gasteiger partial charge in [-0.3, -0.25) is 0 Å². The summed E-state index contributed by atoms with van der Waals surface area (Å²) in [7, 11) is 0. The number of para-hydroxylation sites is 1. The first-order valence-electron chi connectivity index (χ1n) is 3.06. The fourth-order valence-electron chi connectivity index (χ4n) is 0.765. The molecule has 0 atom stereocenters. The third kappa shape index (κ3) is 1.51. The van der Waals surface area contributed by atoms with Gasteiger partial charge in [-0.05, 0) is 12.1 Å². The second kappa shape index (κ2) is 3.68. The average molecular weight is 179 g/mol. The van der Waals surface area contributed by atoms with Gasteiger partial charge in [0.15, 0.2) is 0 Å². The molecule has 0 radical (unpaired) electrons. The second-order valence-corrected chi connectivity index (χ2v) is 2.36. The van der Waals surface area contributed by atoms with Crippen molar-refractivity contribution < 1.29 is 4.79 Å². The van der Waals surface area contributed by atoms with Crippen molar-refractivity contribution in [1.82, 2.24) is 0 Å². The third-order valence-electron chi connectivity index (χ3n) is 1.26. The lowest BCUT2D eigenvalue weighted by molar-refractivity contribution is 0.565. The largest absolute Gasteiger partial charge is 0.240 e. The van der Waals surface area contributed by atoms with Crippen LogP contribution < -0.4 is 0 Å². The maximum atomic E-state index is 9.93. The van der Waals surface area contributed by atoms with Crippen molar-refractivity contribution in [3.05, 3.63) is 28.8 Å². The first-order valence-corrected chi connectivity index (χ1v) is 3.44. The number of carbonyl (C=O) groups excluding carboxylic acids is 1. The van der Waals surface area contributed by atoms with E-state index in [1.165, 1.54) is 12.1 Å². The molecule has 1 aromatic carbocycles. The standard InChI is InChI=1S/C8H3ClN2O/c9-7-3-1-2-6(4-10)8(7)11-5-12/h1-3H. The van der Waals surface area contributed by atoms with Gasteiger partial charge in [-0.25, -0.2) is 4.79 Å². The molecular formula is C8H3ClN2O. The summed E-state index contributed by atoms with van der Waals surface area (Å²) in [6, 6.07) is 6.56. The van der Waals surface area contributed by atoms with Gasteiger partial charge in [-0.1, -0.05) is 17.7 Å². The molecule has 0 aliphatic heterocycles. The van der Waals surface area contributed by atoms with Gasteiger partial charge in [0.1, 0.15) is 11.8 Å².